The first-order valence-corrected chi connectivity index (χ1v) is 7.43. The third-order valence-electron chi connectivity index (χ3n) is 2.75. The molecule has 1 atom stereocenters. The van der Waals surface area contributed by atoms with E-state index in [9.17, 15) is 22.6 Å². The highest BCUT2D eigenvalue weighted by Crippen LogP contribution is 2.30. The maximum atomic E-state index is 11.8. The van der Waals surface area contributed by atoms with E-state index in [1.807, 2.05) is 0 Å². The zero-order valence-electron chi connectivity index (χ0n) is 11.2. The van der Waals surface area contributed by atoms with E-state index >= 15 is 0 Å². The minimum atomic E-state index is -4.73. The van der Waals surface area contributed by atoms with Crippen molar-refractivity contribution in [2.75, 3.05) is 13.2 Å². The molecule has 112 valence electrons. The molecule has 0 spiro atoms. The summed E-state index contributed by atoms with van der Waals surface area (Å²) in [4.78, 5) is 23.3. The van der Waals surface area contributed by atoms with Gasteiger partial charge in [-0.2, -0.15) is 8.42 Å². The van der Waals surface area contributed by atoms with Crippen molar-refractivity contribution in [1.29, 1.82) is 0 Å². The van der Waals surface area contributed by atoms with E-state index in [1.54, 1.807) is 6.92 Å². The number of carbonyl (C=O) groups excluding carboxylic acids is 2. The summed E-state index contributed by atoms with van der Waals surface area (Å²) in [6.45, 7) is 3.29. The summed E-state index contributed by atoms with van der Waals surface area (Å²) in [5, 5.41) is 0. The lowest BCUT2D eigenvalue weighted by Gasteiger charge is -2.26. The average Bonchev–Trinajstić information content (AvgIpc) is 2.38. The van der Waals surface area contributed by atoms with Crippen LogP contribution < -0.4 is 0 Å². The van der Waals surface area contributed by atoms with E-state index in [1.165, 1.54) is 13.0 Å². The molecule has 0 amide bonds. The van der Waals surface area contributed by atoms with Crippen LogP contribution in [-0.4, -0.2) is 42.9 Å². The molecule has 0 fully saturated rings. The Hall–Kier alpha value is -1.67. The summed E-state index contributed by atoms with van der Waals surface area (Å²) in [5.74, 6) is -1.71. The number of esters is 2. The Kier molecular flexibility index (Phi) is 5.07. The van der Waals surface area contributed by atoms with Gasteiger partial charge in [0.25, 0.3) is 10.1 Å². The van der Waals surface area contributed by atoms with Crippen LogP contribution in [0.25, 0.3) is 0 Å². The molecule has 1 unspecified atom stereocenters. The molecular formula is C12H16O7S. The van der Waals surface area contributed by atoms with Gasteiger partial charge in [0.15, 0.2) is 0 Å². The van der Waals surface area contributed by atoms with Gasteiger partial charge in [0.1, 0.15) is 0 Å². The molecule has 0 aromatic carbocycles. The van der Waals surface area contributed by atoms with E-state index < -0.39 is 33.2 Å². The normalized spacial score (nSPS) is 22.1. The Morgan fingerprint density at radius 2 is 1.90 bits per heavy atom. The van der Waals surface area contributed by atoms with Gasteiger partial charge in [0.2, 0.25) is 4.75 Å². The molecule has 0 saturated heterocycles. The third-order valence-corrected chi connectivity index (χ3v) is 4.14. The summed E-state index contributed by atoms with van der Waals surface area (Å²) in [7, 11) is -4.73. The fraction of sp³-hybridized carbons (Fsp3) is 0.500. The van der Waals surface area contributed by atoms with Crippen LogP contribution in [0.5, 0.6) is 0 Å². The topological polar surface area (TPSA) is 107 Å². The Labute approximate surface area is 117 Å². The van der Waals surface area contributed by atoms with Crippen molar-refractivity contribution < 1.29 is 32.0 Å². The minimum absolute atomic E-state index is 0.0294. The van der Waals surface area contributed by atoms with Crippen molar-refractivity contribution in [2.24, 2.45) is 0 Å². The molecule has 1 rings (SSSR count). The second kappa shape index (κ2) is 6.19. The quantitative estimate of drug-likeness (QED) is 0.586. The fourth-order valence-corrected chi connectivity index (χ4v) is 2.49. The van der Waals surface area contributed by atoms with Gasteiger partial charge in [-0.25, -0.2) is 9.59 Å². The number of allylic oxidation sites excluding steroid dienone is 1. The van der Waals surface area contributed by atoms with Crippen LogP contribution in [0, 0.1) is 0 Å². The number of hydrogen-bond acceptors (Lipinski definition) is 6. The molecule has 1 aliphatic rings. The van der Waals surface area contributed by atoms with Crippen molar-refractivity contribution in [2.45, 2.75) is 25.0 Å². The zero-order valence-corrected chi connectivity index (χ0v) is 12.0. The van der Waals surface area contributed by atoms with Crippen LogP contribution in [0.2, 0.25) is 0 Å². The smallest absolute Gasteiger partial charge is 0.337 e. The zero-order chi connectivity index (χ0) is 15.4. The summed E-state index contributed by atoms with van der Waals surface area (Å²) < 4.78 is 39.5. The molecule has 0 aromatic rings. The molecule has 8 heteroatoms. The Morgan fingerprint density at radius 3 is 2.30 bits per heavy atom. The largest absolute Gasteiger partial charge is 0.464 e. The average molecular weight is 304 g/mol. The highest BCUT2D eigenvalue weighted by atomic mass is 32.2. The van der Waals surface area contributed by atoms with Gasteiger partial charge in [0.05, 0.1) is 18.8 Å². The number of rotatable bonds is 5. The molecule has 0 radical (unpaired) electrons. The van der Waals surface area contributed by atoms with Crippen molar-refractivity contribution in [3.05, 3.63) is 23.8 Å². The highest BCUT2D eigenvalue weighted by Gasteiger charge is 2.50. The SMILES string of the molecule is CCOC(=O)C1=CCC(C(=O)OCC)(S(=O)(=O)O)C=C1. The number of hydrogen-bond donors (Lipinski definition) is 1. The van der Waals surface area contributed by atoms with Gasteiger partial charge in [-0.05, 0) is 26.0 Å². The van der Waals surface area contributed by atoms with Crippen molar-refractivity contribution in [3.63, 3.8) is 0 Å². The molecular weight excluding hydrogens is 288 g/mol. The number of carbonyl (C=O) groups is 2. The Morgan fingerprint density at radius 1 is 1.30 bits per heavy atom. The Bertz CT molecular complexity index is 558. The maximum Gasteiger partial charge on any atom is 0.337 e. The van der Waals surface area contributed by atoms with Gasteiger partial charge in [-0.15, -0.1) is 0 Å². The predicted octanol–water partition coefficient (Wildman–Crippen LogP) is 0.626. The van der Waals surface area contributed by atoms with E-state index in [0.29, 0.717) is 0 Å². The standard InChI is InChI=1S/C12H16O7S/c1-3-18-10(13)9-5-7-12(8-6-9,20(15,16)17)11(14)19-4-2/h5-7H,3-4,8H2,1-2H3,(H,15,16,17). The summed E-state index contributed by atoms with van der Waals surface area (Å²) in [5.41, 5.74) is 0.121. The highest BCUT2D eigenvalue weighted by molar-refractivity contribution is 7.88. The molecule has 0 heterocycles. The minimum Gasteiger partial charge on any atom is -0.464 e. The lowest BCUT2D eigenvalue weighted by atomic mass is 9.95. The second-order valence-electron chi connectivity index (χ2n) is 4.00. The van der Waals surface area contributed by atoms with Crippen molar-refractivity contribution >= 4 is 22.1 Å². The molecule has 1 N–H and O–H groups in total. The Balaban J connectivity index is 3.09. The first-order chi connectivity index (χ1) is 9.28. The van der Waals surface area contributed by atoms with Crippen molar-refractivity contribution in [3.8, 4) is 0 Å². The third kappa shape index (κ3) is 3.07. The first kappa shape index (κ1) is 16.4. The van der Waals surface area contributed by atoms with Gasteiger partial charge in [-0.3, -0.25) is 4.55 Å². The summed E-state index contributed by atoms with van der Waals surface area (Å²) >= 11 is 0. The van der Waals surface area contributed by atoms with E-state index in [-0.39, 0.29) is 18.8 Å². The summed E-state index contributed by atoms with van der Waals surface area (Å²) in [6.07, 6.45) is 2.91. The van der Waals surface area contributed by atoms with E-state index in [0.717, 1.165) is 12.2 Å². The molecule has 0 aromatic heterocycles. The van der Waals surface area contributed by atoms with Crippen LogP contribution in [0.4, 0.5) is 0 Å². The van der Waals surface area contributed by atoms with E-state index in [4.69, 9.17) is 4.74 Å². The van der Waals surface area contributed by atoms with Gasteiger partial charge in [-0.1, -0.05) is 6.08 Å². The van der Waals surface area contributed by atoms with Crippen LogP contribution in [0.15, 0.2) is 23.8 Å². The molecule has 1 aliphatic carbocycles. The van der Waals surface area contributed by atoms with Crippen molar-refractivity contribution in [1.82, 2.24) is 0 Å². The fourth-order valence-electron chi connectivity index (χ4n) is 1.69. The monoisotopic (exact) mass is 304 g/mol. The van der Waals surface area contributed by atoms with E-state index in [2.05, 4.69) is 4.74 Å². The number of ether oxygens (including phenoxy) is 2. The molecule has 7 nitrogen and oxygen atoms in total. The van der Waals surface area contributed by atoms with Crippen LogP contribution in [0.3, 0.4) is 0 Å². The molecule has 0 saturated carbocycles. The van der Waals surface area contributed by atoms with Crippen LogP contribution in [-0.2, 0) is 29.2 Å². The van der Waals surface area contributed by atoms with Crippen LogP contribution >= 0.6 is 0 Å². The second-order valence-corrected chi connectivity index (χ2v) is 5.68. The van der Waals surface area contributed by atoms with Crippen LogP contribution in [0.1, 0.15) is 20.3 Å². The lowest BCUT2D eigenvalue weighted by molar-refractivity contribution is -0.145. The first-order valence-electron chi connectivity index (χ1n) is 5.99. The summed E-state index contributed by atoms with van der Waals surface area (Å²) in [6, 6.07) is 0. The molecule has 0 bridgehead atoms. The lowest BCUT2D eigenvalue weighted by Crippen LogP contribution is -2.46. The predicted molar refractivity (Wildman–Crippen MR) is 69.4 cm³/mol. The maximum absolute atomic E-state index is 11.8. The van der Waals surface area contributed by atoms with Gasteiger partial charge < -0.3 is 9.47 Å². The molecule has 0 aliphatic heterocycles. The van der Waals surface area contributed by atoms with Gasteiger partial charge >= 0.3 is 11.9 Å². The molecule has 20 heavy (non-hydrogen) atoms. The van der Waals surface area contributed by atoms with Gasteiger partial charge in [0, 0.05) is 6.42 Å².